The zero-order valence-corrected chi connectivity index (χ0v) is 11.2. The molecule has 0 spiro atoms. The third-order valence-corrected chi connectivity index (χ3v) is 3.98. The number of carbonyl (C=O) groups excluding carboxylic acids is 1. The van der Waals surface area contributed by atoms with E-state index >= 15 is 0 Å². The highest BCUT2D eigenvalue weighted by Gasteiger charge is 2.27. The van der Waals surface area contributed by atoms with Crippen LogP contribution < -0.4 is 5.73 Å². The first-order chi connectivity index (χ1) is 8.63. The molecule has 2 N–H and O–H groups in total. The van der Waals surface area contributed by atoms with Gasteiger partial charge in [-0.05, 0) is 23.5 Å². The average molecular weight is 246 g/mol. The van der Waals surface area contributed by atoms with Crippen LogP contribution in [0.15, 0.2) is 24.3 Å². The van der Waals surface area contributed by atoms with Crippen LogP contribution in [0.5, 0.6) is 0 Å². The van der Waals surface area contributed by atoms with Gasteiger partial charge in [-0.2, -0.15) is 0 Å². The van der Waals surface area contributed by atoms with E-state index in [1.165, 1.54) is 11.1 Å². The minimum Gasteiger partial charge on any atom is -0.337 e. The fourth-order valence-corrected chi connectivity index (χ4v) is 2.39. The molecule has 18 heavy (non-hydrogen) atoms. The summed E-state index contributed by atoms with van der Waals surface area (Å²) in [5.41, 5.74) is 8.65. The number of hydrogen-bond donors (Lipinski definition) is 1. The van der Waals surface area contributed by atoms with Gasteiger partial charge in [0.15, 0.2) is 0 Å². The van der Waals surface area contributed by atoms with Crippen LogP contribution in [0.1, 0.15) is 31.4 Å². The van der Waals surface area contributed by atoms with Gasteiger partial charge in [0.25, 0.3) is 0 Å². The van der Waals surface area contributed by atoms with Gasteiger partial charge in [-0.3, -0.25) is 4.79 Å². The molecule has 1 heterocycles. The standard InChI is InChI=1S/C15H22N2O/c1-3-11(2)14(16)15(18)17-9-8-12-6-4-5-7-13(12)10-17/h4-7,11,14H,3,8-10,16H2,1-2H3. The van der Waals surface area contributed by atoms with Gasteiger partial charge in [0.05, 0.1) is 6.04 Å². The smallest absolute Gasteiger partial charge is 0.240 e. The summed E-state index contributed by atoms with van der Waals surface area (Å²) in [7, 11) is 0. The molecule has 0 radical (unpaired) electrons. The Morgan fingerprint density at radius 3 is 2.72 bits per heavy atom. The lowest BCUT2D eigenvalue weighted by molar-refractivity contribution is -0.134. The Balaban J connectivity index is 2.07. The highest BCUT2D eigenvalue weighted by Crippen LogP contribution is 2.20. The summed E-state index contributed by atoms with van der Waals surface area (Å²) in [4.78, 5) is 14.2. The number of nitrogens with zero attached hydrogens (tertiary/aromatic N) is 1. The SMILES string of the molecule is CCC(C)C(N)C(=O)N1CCc2ccccc2C1. The van der Waals surface area contributed by atoms with Gasteiger partial charge in [0, 0.05) is 13.1 Å². The zero-order chi connectivity index (χ0) is 13.1. The number of rotatable bonds is 3. The van der Waals surface area contributed by atoms with Crippen molar-refractivity contribution in [2.75, 3.05) is 6.54 Å². The Hall–Kier alpha value is -1.35. The van der Waals surface area contributed by atoms with Gasteiger partial charge >= 0.3 is 0 Å². The van der Waals surface area contributed by atoms with E-state index in [9.17, 15) is 4.79 Å². The van der Waals surface area contributed by atoms with Crippen molar-refractivity contribution in [3.05, 3.63) is 35.4 Å². The first-order valence-corrected chi connectivity index (χ1v) is 6.74. The lowest BCUT2D eigenvalue weighted by Crippen LogP contribution is -2.48. The third kappa shape index (κ3) is 2.56. The molecule has 1 aromatic rings. The monoisotopic (exact) mass is 246 g/mol. The molecular weight excluding hydrogens is 224 g/mol. The van der Waals surface area contributed by atoms with Crippen molar-refractivity contribution in [1.82, 2.24) is 4.90 Å². The van der Waals surface area contributed by atoms with Crippen molar-refractivity contribution < 1.29 is 4.79 Å². The zero-order valence-electron chi connectivity index (χ0n) is 11.2. The van der Waals surface area contributed by atoms with E-state index in [4.69, 9.17) is 5.73 Å². The number of hydrogen-bond acceptors (Lipinski definition) is 2. The lowest BCUT2D eigenvalue weighted by atomic mass is 9.96. The summed E-state index contributed by atoms with van der Waals surface area (Å²) in [6, 6.07) is 7.97. The van der Waals surface area contributed by atoms with Crippen LogP contribution in [-0.2, 0) is 17.8 Å². The second-order valence-electron chi connectivity index (χ2n) is 5.19. The van der Waals surface area contributed by atoms with Crippen LogP contribution in [0.3, 0.4) is 0 Å². The Bertz CT molecular complexity index is 430. The van der Waals surface area contributed by atoms with Crippen LogP contribution in [0.2, 0.25) is 0 Å². The van der Waals surface area contributed by atoms with E-state index in [1.54, 1.807) is 0 Å². The predicted molar refractivity (Wildman–Crippen MR) is 73.0 cm³/mol. The maximum atomic E-state index is 12.3. The number of amides is 1. The van der Waals surface area contributed by atoms with Gasteiger partial charge in [0.2, 0.25) is 5.91 Å². The summed E-state index contributed by atoms with van der Waals surface area (Å²) >= 11 is 0. The van der Waals surface area contributed by atoms with Gasteiger partial charge in [-0.15, -0.1) is 0 Å². The quantitative estimate of drug-likeness (QED) is 0.886. The molecule has 2 rings (SSSR count). The van der Waals surface area contributed by atoms with Crippen LogP contribution in [0.4, 0.5) is 0 Å². The summed E-state index contributed by atoms with van der Waals surface area (Å²) < 4.78 is 0. The largest absolute Gasteiger partial charge is 0.337 e. The number of nitrogens with two attached hydrogens (primary N) is 1. The predicted octanol–water partition coefficient (Wildman–Crippen LogP) is 1.94. The molecule has 0 saturated heterocycles. The van der Waals surface area contributed by atoms with Crippen LogP contribution in [-0.4, -0.2) is 23.4 Å². The van der Waals surface area contributed by atoms with E-state index in [0.29, 0.717) is 6.54 Å². The maximum absolute atomic E-state index is 12.3. The second kappa shape index (κ2) is 5.53. The van der Waals surface area contributed by atoms with Gasteiger partial charge in [-0.1, -0.05) is 44.5 Å². The molecule has 0 bridgehead atoms. The van der Waals surface area contributed by atoms with Crippen molar-refractivity contribution in [2.45, 2.75) is 39.3 Å². The van der Waals surface area contributed by atoms with Crippen LogP contribution in [0.25, 0.3) is 0 Å². The number of carbonyl (C=O) groups is 1. The van der Waals surface area contributed by atoms with Crippen LogP contribution in [0, 0.1) is 5.92 Å². The van der Waals surface area contributed by atoms with Crippen molar-refractivity contribution >= 4 is 5.91 Å². The Labute approximate surface area is 109 Å². The molecule has 1 aliphatic rings. The van der Waals surface area contributed by atoms with Gasteiger partial charge in [0.1, 0.15) is 0 Å². The van der Waals surface area contributed by atoms with E-state index in [0.717, 1.165) is 19.4 Å². The van der Waals surface area contributed by atoms with Crippen molar-refractivity contribution in [3.8, 4) is 0 Å². The highest BCUT2D eigenvalue weighted by molar-refractivity contribution is 5.82. The Morgan fingerprint density at radius 2 is 2.06 bits per heavy atom. The minimum atomic E-state index is -0.361. The fourth-order valence-electron chi connectivity index (χ4n) is 2.39. The molecule has 3 nitrogen and oxygen atoms in total. The first kappa shape index (κ1) is 13.1. The molecule has 0 saturated carbocycles. The normalized spacial score (nSPS) is 18.1. The average Bonchev–Trinajstić information content (AvgIpc) is 2.44. The Kier molecular flexibility index (Phi) is 4.02. The summed E-state index contributed by atoms with van der Waals surface area (Å²) in [6.07, 6.45) is 1.88. The molecule has 1 amide bonds. The van der Waals surface area contributed by atoms with Crippen molar-refractivity contribution in [2.24, 2.45) is 11.7 Å². The first-order valence-electron chi connectivity index (χ1n) is 6.74. The van der Waals surface area contributed by atoms with Gasteiger partial charge in [-0.25, -0.2) is 0 Å². The minimum absolute atomic E-state index is 0.0962. The summed E-state index contributed by atoms with van der Waals surface area (Å²) in [5, 5.41) is 0. The van der Waals surface area contributed by atoms with E-state index in [-0.39, 0.29) is 17.9 Å². The van der Waals surface area contributed by atoms with Crippen molar-refractivity contribution in [1.29, 1.82) is 0 Å². The highest BCUT2D eigenvalue weighted by atomic mass is 16.2. The maximum Gasteiger partial charge on any atom is 0.240 e. The molecule has 98 valence electrons. The molecule has 2 atom stereocenters. The van der Waals surface area contributed by atoms with E-state index in [1.807, 2.05) is 17.9 Å². The van der Waals surface area contributed by atoms with Crippen LogP contribution >= 0.6 is 0 Å². The molecular formula is C15H22N2O. The number of fused-ring (bicyclic) bond motifs is 1. The van der Waals surface area contributed by atoms with Gasteiger partial charge < -0.3 is 10.6 Å². The fraction of sp³-hybridized carbons (Fsp3) is 0.533. The molecule has 0 aliphatic carbocycles. The third-order valence-electron chi connectivity index (χ3n) is 3.98. The summed E-state index contributed by atoms with van der Waals surface area (Å²) in [6.45, 7) is 5.61. The molecule has 1 aromatic carbocycles. The van der Waals surface area contributed by atoms with E-state index in [2.05, 4.69) is 25.1 Å². The molecule has 0 fully saturated rings. The summed E-state index contributed by atoms with van der Waals surface area (Å²) in [5.74, 6) is 0.341. The molecule has 2 unspecified atom stereocenters. The van der Waals surface area contributed by atoms with Crippen molar-refractivity contribution in [3.63, 3.8) is 0 Å². The lowest BCUT2D eigenvalue weighted by Gasteiger charge is -2.32. The second-order valence-corrected chi connectivity index (χ2v) is 5.19. The molecule has 1 aliphatic heterocycles. The Morgan fingerprint density at radius 1 is 1.39 bits per heavy atom. The molecule has 0 aromatic heterocycles. The molecule has 3 heteroatoms. The topological polar surface area (TPSA) is 46.3 Å². The number of benzene rings is 1. The van der Waals surface area contributed by atoms with E-state index < -0.39 is 0 Å².